The van der Waals surface area contributed by atoms with Gasteiger partial charge in [0.15, 0.2) is 0 Å². The first-order chi connectivity index (χ1) is 5.47. The molecule has 0 unspecified atom stereocenters. The van der Waals surface area contributed by atoms with Crippen molar-refractivity contribution in [2.75, 3.05) is 0 Å². The van der Waals surface area contributed by atoms with E-state index in [1.54, 1.807) is 6.07 Å². The van der Waals surface area contributed by atoms with Crippen molar-refractivity contribution in [1.29, 1.82) is 0 Å². The second-order valence-corrected chi connectivity index (χ2v) is 7.93. The van der Waals surface area contributed by atoms with E-state index in [-0.39, 0.29) is 5.63 Å². The van der Waals surface area contributed by atoms with Crippen molar-refractivity contribution in [3.63, 3.8) is 0 Å². The van der Waals surface area contributed by atoms with Crippen molar-refractivity contribution >= 4 is 8.32 Å². The zero-order chi connectivity index (χ0) is 9.19. The van der Waals surface area contributed by atoms with Crippen LogP contribution >= 0.6 is 0 Å². The standard InChI is InChI=1S/C8H12O3Si/c1-12(2,3)11-7-4-5-10-8(9)6-7/h4-6H,1-3H3. The van der Waals surface area contributed by atoms with E-state index in [2.05, 4.69) is 24.1 Å². The van der Waals surface area contributed by atoms with Crippen molar-refractivity contribution in [3.8, 4) is 5.75 Å². The van der Waals surface area contributed by atoms with E-state index in [1.807, 2.05) is 0 Å². The lowest BCUT2D eigenvalue weighted by Gasteiger charge is -2.18. The van der Waals surface area contributed by atoms with Gasteiger partial charge >= 0.3 is 5.63 Å². The molecule has 0 amide bonds. The van der Waals surface area contributed by atoms with E-state index in [4.69, 9.17) is 4.43 Å². The summed E-state index contributed by atoms with van der Waals surface area (Å²) in [6.45, 7) is 6.17. The molecule has 0 fully saturated rings. The first-order valence-corrected chi connectivity index (χ1v) is 7.16. The van der Waals surface area contributed by atoms with Gasteiger partial charge in [-0.2, -0.15) is 0 Å². The Kier molecular flexibility index (Phi) is 2.37. The van der Waals surface area contributed by atoms with Crippen LogP contribution in [0.25, 0.3) is 0 Å². The first kappa shape index (κ1) is 9.06. The summed E-state index contributed by atoms with van der Waals surface area (Å²) >= 11 is 0. The molecule has 1 rings (SSSR count). The maximum atomic E-state index is 10.7. The molecule has 0 N–H and O–H groups in total. The zero-order valence-corrected chi connectivity index (χ0v) is 8.46. The Morgan fingerprint density at radius 1 is 1.42 bits per heavy atom. The predicted octanol–water partition coefficient (Wildman–Crippen LogP) is 1.85. The van der Waals surface area contributed by atoms with Gasteiger partial charge in [0.05, 0.1) is 12.3 Å². The number of hydrogen-bond acceptors (Lipinski definition) is 3. The number of hydrogen-bond donors (Lipinski definition) is 0. The minimum absolute atomic E-state index is 0.370. The Balaban J connectivity index is 2.84. The molecule has 0 aliphatic carbocycles. The van der Waals surface area contributed by atoms with Crippen molar-refractivity contribution in [3.05, 3.63) is 28.8 Å². The smallest absolute Gasteiger partial charge is 0.339 e. The van der Waals surface area contributed by atoms with Crippen LogP contribution in [0.1, 0.15) is 0 Å². The van der Waals surface area contributed by atoms with E-state index in [0.717, 1.165) is 0 Å². The van der Waals surface area contributed by atoms with Crippen LogP contribution in [0.5, 0.6) is 5.75 Å². The lowest BCUT2D eigenvalue weighted by molar-refractivity contribution is 0.486. The topological polar surface area (TPSA) is 39.4 Å². The molecule has 1 aromatic heterocycles. The third-order valence-electron chi connectivity index (χ3n) is 1.10. The molecule has 0 spiro atoms. The van der Waals surface area contributed by atoms with E-state index < -0.39 is 8.32 Å². The maximum Gasteiger partial charge on any atom is 0.339 e. The normalized spacial score (nSPS) is 11.2. The van der Waals surface area contributed by atoms with Gasteiger partial charge in [0.25, 0.3) is 0 Å². The molecule has 4 heteroatoms. The van der Waals surface area contributed by atoms with Gasteiger partial charge in [-0.1, -0.05) is 0 Å². The van der Waals surface area contributed by atoms with E-state index in [1.165, 1.54) is 12.3 Å². The minimum Gasteiger partial charge on any atom is -0.544 e. The van der Waals surface area contributed by atoms with Crippen LogP contribution in [-0.2, 0) is 0 Å². The summed E-state index contributed by atoms with van der Waals surface area (Å²) in [5.74, 6) is 0.602. The highest BCUT2D eigenvalue weighted by Gasteiger charge is 2.16. The minimum atomic E-state index is -1.60. The molecule has 0 bridgehead atoms. The largest absolute Gasteiger partial charge is 0.544 e. The average molecular weight is 184 g/mol. The Hall–Kier alpha value is -1.03. The van der Waals surface area contributed by atoms with Crippen molar-refractivity contribution < 1.29 is 8.84 Å². The zero-order valence-electron chi connectivity index (χ0n) is 7.46. The first-order valence-electron chi connectivity index (χ1n) is 3.75. The van der Waals surface area contributed by atoms with Gasteiger partial charge in [0, 0.05) is 6.07 Å². The third-order valence-corrected chi connectivity index (χ3v) is 1.95. The fourth-order valence-corrected chi connectivity index (χ4v) is 1.62. The Labute approximate surface area is 72.1 Å². The van der Waals surface area contributed by atoms with Crippen LogP contribution in [0.15, 0.2) is 27.6 Å². The lowest BCUT2D eigenvalue weighted by Crippen LogP contribution is -2.29. The molecule has 0 saturated carbocycles. The Bertz CT molecular complexity index is 311. The SMILES string of the molecule is C[Si](C)(C)Oc1ccoc(=O)c1. The van der Waals surface area contributed by atoms with Crippen LogP contribution in [-0.4, -0.2) is 8.32 Å². The van der Waals surface area contributed by atoms with Gasteiger partial charge in [0.1, 0.15) is 5.75 Å². The van der Waals surface area contributed by atoms with Crippen molar-refractivity contribution in [2.24, 2.45) is 0 Å². The van der Waals surface area contributed by atoms with Crippen LogP contribution in [0, 0.1) is 0 Å². The summed E-state index contributed by atoms with van der Waals surface area (Å²) in [5, 5.41) is 0. The third kappa shape index (κ3) is 2.92. The van der Waals surface area contributed by atoms with Gasteiger partial charge in [0.2, 0.25) is 8.32 Å². The van der Waals surface area contributed by atoms with E-state index >= 15 is 0 Å². The molecule has 0 aromatic carbocycles. The Morgan fingerprint density at radius 2 is 2.08 bits per heavy atom. The lowest BCUT2D eigenvalue weighted by atomic mass is 10.5. The number of rotatable bonds is 2. The molecule has 1 heterocycles. The molecule has 0 atom stereocenters. The molecule has 0 radical (unpaired) electrons. The summed E-state index contributed by atoms with van der Waals surface area (Å²) < 4.78 is 10.1. The van der Waals surface area contributed by atoms with Crippen LogP contribution in [0.3, 0.4) is 0 Å². The fourth-order valence-electron chi connectivity index (χ4n) is 0.783. The molecule has 0 aliphatic rings. The molecular weight excluding hydrogens is 172 g/mol. The summed E-state index contributed by atoms with van der Waals surface area (Å²) in [4.78, 5) is 10.7. The fraction of sp³-hybridized carbons (Fsp3) is 0.375. The highest BCUT2D eigenvalue weighted by molar-refractivity contribution is 6.70. The van der Waals surface area contributed by atoms with Gasteiger partial charge in [-0.25, -0.2) is 4.79 Å². The predicted molar refractivity (Wildman–Crippen MR) is 49.0 cm³/mol. The van der Waals surface area contributed by atoms with Crippen LogP contribution in [0.4, 0.5) is 0 Å². The second-order valence-electron chi connectivity index (χ2n) is 3.50. The molecule has 66 valence electrons. The molecular formula is C8H12O3Si. The molecule has 1 aromatic rings. The van der Waals surface area contributed by atoms with E-state index in [0.29, 0.717) is 5.75 Å². The van der Waals surface area contributed by atoms with Crippen LogP contribution in [0.2, 0.25) is 19.6 Å². The monoisotopic (exact) mass is 184 g/mol. The summed E-state index contributed by atoms with van der Waals surface area (Å²) in [6, 6.07) is 3.01. The highest BCUT2D eigenvalue weighted by atomic mass is 28.4. The van der Waals surface area contributed by atoms with Gasteiger partial charge in [-0.15, -0.1) is 0 Å². The average Bonchev–Trinajstić information content (AvgIpc) is 1.82. The van der Waals surface area contributed by atoms with Gasteiger partial charge in [-0.05, 0) is 19.6 Å². The Morgan fingerprint density at radius 3 is 2.58 bits per heavy atom. The van der Waals surface area contributed by atoms with E-state index in [9.17, 15) is 4.79 Å². The quantitative estimate of drug-likeness (QED) is 0.658. The van der Waals surface area contributed by atoms with Gasteiger partial charge < -0.3 is 8.84 Å². The molecule has 0 saturated heterocycles. The van der Waals surface area contributed by atoms with Gasteiger partial charge in [-0.3, -0.25) is 0 Å². The second kappa shape index (κ2) is 3.14. The van der Waals surface area contributed by atoms with Crippen LogP contribution < -0.4 is 10.1 Å². The summed E-state index contributed by atoms with van der Waals surface area (Å²) in [5.41, 5.74) is -0.370. The summed E-state index contributed by atoms with van der Waals surface area (Å²) in [7, 11) is -1.60. The molecule has 12 heavy (non-hydrogen) atoms. The maximum absolute atomic E-state index is 10.7. The van der Waals surface area contributed by atoms with Crippen molar-refractivity contribution in [2.45, 2.75) is 19.6 Å². The summed E-state index contributed by atoms with van der Waals surface area (Å²) in [6.07, 6.45) is 1.35. The van der Waals surface area contributed by atoms with Crippen molar-refractivity contribution in [1.82, 2.24) is 0 Å². The molecule has 3 nitrogen and oxygen atoms in total. The highest BCUT2D eigenvalue weighted by Crippen LogP contribution is 2.12. The molecule has 0 aliphatic heterocycles.